The van der Waals surface area contributed by atoms with Crippen molar-refractivity contribution in [1.29, 1.82) is 0 Å². The molecule has 0 unspecified atom stereocenters. The molecule has 0 saturated heterocycles. The number of benzene rings is 1. The highest BCUT2D eigenvalue weighted by Crippen LogP contribution is 2.15. The van der Waals surface area contributed by atoms with E-state index in [1.54, 1.807) is 136 Å². The van der Waals surface area contributed by atoms with Crippen molar-refractivity contribution in [2.24, 2.45) is 0 Å². The van der Waals surface area contributed by atoms with Crippen molar-refractivity contribution in [3.05, 3.63) is 467 Å². The molecule has 1 aromatic carbocycles. The van der Waals surface area contributed by atoms with Crippen LogP contribution in [0.5, 0.6) is 0 Å². The lowest BCUT2D eigenvalue weighted by Gasteiger charge is -1.90. The van der Waals surface area contributed by atoms with E-state index in [1.807, 2.05) is 306 Å². The lowest BCUT2D eigenvalue weighted by atomic mass is 10.2. The predicted octanol–water partition coefficient (Wildman–Crippen LogP) is 17.0. The van der Waals surface area contributed by atoms with Crippen molar-refractivity contribution in [2.45, 2.75) is 19.4 Å². The van der Waals surface area contributed by atoms with Crippen LogP contribution in [0.2, 0.25) is 0 Å². The first kappa shape index (κ1) is 87.9. The van der Waals surface area contributed by atoms with Crippen LogP contribution < -0.4 is 0 Å². The fourth-order valence-corrected chi connectivity index (χ4v) is 12.9. The van der Waals surface area contributed by atoms with Gasteiger partial charge in [0, 0.05) is 173 Å². The van der Waals surface area contributed by atoms with E-state index in [-0.39, 0.29) is 0 Å². The van der Waals surface area contributed by atoms with Gasteiger partial charge in [0.15, 0.2) is 28.2 Å². The number of hydrogen-bond donors (Lipinski definition) is 5. The fourth-order valence-electron chi connectivity index (χ4n) is 12.9. The molecule has 0 atom stereocenters. The van der Waals surface area contributed by atoms with Gasteiger partial charge in [-0.1, -0.05) is 60.7 Å². The highest BCUT2D eigenvalue weighted by Gasteiger charge is 2.07. The van der Waals surface area contributed by atoms with Crippen molar-refractivity contribution in [2.75, 3.05) is 0 Å². The highest BCUT2D eigenvalue weighted by molar-refractivity contribution is 5.81. The minimum absolute atomic E-state index is 0.713. The van der Waals surface area contributed by atoms with Crippen LogP contribution in [0.15, 0.2) is 461 Å². The minimum atomic E-state index is 0.713. The largest absolute Gasteiger partial charge is 0.366 e. The Labute approximate surface area is 762 Å². The molecular weight excluding hydrogens is 1680 g/mol. The van der Waals surface area contributed by atoms with Crippen molar-refractivity contribution in [3.63, 3.8) is 0 Å². The second-order valence-electron chi connectivity index (χ2n) is 28.2. The number of rotatable bonds is 0. The van der Waals surface area contributed by atoms with Gasteiger partial charge in [0.25, 0.3) is 0 Å². The first-order chi connectivity index (χ1) is 66.5. The molecule has 0 saturated carbocycles. The monoisotopic (exact) mass is 1770 g/mol. The molecule has 0 aliphatic carbocycles. The zero-order chi connectivity index (χ0) is 90.9. The Bertz CT molecular complexity index is 6130. The summed E-state index contributed by atoms with van der Waals surface area (Å²) < 4.78 is 19.4. The predicted molar refractivity (Wildman–Crippen MR) is 515 cm³/mol. The molecule has 0 radical (unpaired) electrons. The second-order valence-corrected chi connectivity index (χ2v) is 28.2. The van der Waals surface area contributed by atoms with E-state index in [9.17, 15) is 0 Å². The number of nitrogens with one attached hydrogen (secondary N) is 5. The summed E-state index contributed by atoms with van der Waals surface area (Å²) in [5, 5.41) is 22.1. The molecule has 29 aromatic rings. The molecule has 36 heteroatoms. The third-order valence-corrected chi connectivity index (χ3v) is 19.4. The maximum Gasteiger partial charge on any atom is 0.180 e. The average Bonchev–Trinajstić information content (AvgIpc) is 1.72. The van der Waals surface area contributed by atoms with Crippen LogP contribution in [-0.2, 0) is 13.0 Å². The van der Waals surface area contributed by atoms with Crippen LogP contribution in [0.4, 0.5) is 0 Å². The van der Waals surface area contributed by atoms with Gasteiger partial charge in [-0.2, -0.15) is 15.3 Å². The van der Waals surface area contributed by atoms with E-state index >= 15 is 0 Å². The number of fused-ring (bicyclic) bond motifs is 15. The number of nitrogens with zero attached hydrogens (tertiary/aromatic N) is 31. The van der Waals surface area contributed by atoms with Crippen molar-refractivity contribution < 1.29 is 0 Å². The van der Waals surface area contributed by atoms with Crippen molar-refractivity contribution in [3.8, 4) is 0 Å². The van der Waals surface area contributed by atoms with Crippen LogP contribution in [-0.4, -0.2) is 175 Å². The molecule has 0 spiro atoms. The summed E-state index contributed by atoms with van der Waals surface area (Å²) in [6.07, 6.45) is 72.9. The van der Waals surface area contributed by atoms with Gasteiger partial charge in [0.1, 0.15) is 42.1 Å². The molecular formula is C98H86N36. The van der Waals surface area contributed by atoms with Gasteiger partial charge in [0.05, 0.1) is 107 Å². The Kier molecular flexibility index (Phi) is 30.9. The Hall–Kier alpha value is -19.5. The van der Waals surface area contributed by atoms with E-state index in [0.29, 0.717) is 5.65 Å². The van der Waals surface area contributed by atoms with E-state index in [1.165, 1.54) is 54.0 Å². The van der Waals surface area contributed by atoms with Gasteiger partial charge in [-0.25, -0.2) is 78.3 Å². The number of pyridine rings is 9. The summed E-state index contributed by atoms with van der Waals surface area (Å²) in [7, 11) is 0. The van der Waals surface area contributed by atoms with E-state index in [4.69, 9.17) is 0 Å². The number of hydrogen-bond acceptors (Lipinski definition) is 21. The standard InChI is InChI=1S/2C8H7N.4C7H6N2.C7H9N.7C6H5N3.C5H4N4/c1-2-6-9-7-3-5-8(9)4-1;1-2-4-8-6-9-5-7(8)3-1;1-3-7-4-2-6-9(7)8-5-1;1-2-6-9-7(3-1)4-5-8-9;1-2-5-9-6-4-8-7(9)3-1;1-2-4-9-6-8-5-7(9)3-1;1-3-7-4-2-6-8(7)5-1;1-3-9-4-2-8-6(9)5-7-1;2*1-2-7-3-6-5(1)8-4-9-6;1-2-7-5-9-4-3-8-6(1)9;1-2-5-6(7-3-1)9-4-8-5;1-2-4-9-5-7-8-6(9)3-1;1-2-4-9-6(3-1)7-5-8-9;1-4-5(8-2-6-1)9-3-7-4/h1-7H;1-6,9H;4*1-6H;1,3,5H,2,4,6H2;1-5H;2*1-4H,(H,8,9);1-5H;1-4H,(H,7,8,9);2*1-5H;1-3H,(H,6,7,8,9). The molecule has 0 bridgehead atoms. The molecule has 1 aliphatic heterocycles. The smallest absolute Gasteiger partial charge is 0.180 e. The van der Waals surface area contributed by atoms with Gasteiger partial charge < -0.3 is 47.1 Å². The van der Waals surface area contributed by atoms with Gasteiger partial charge in [0.2, 0.25) is 0 Å². The normalized spacial score (nSPS) is 10.6. The van der Waals surface area contributed by atoms with Crippen LogP contribution >= 0.6 is 0 Å². The number of aryl methyl sites for hydroxylation is 2. The van der Waals surface area contributed by atoms with Crippen molar-refractivity contribution >= 4 is 105 Å². The van der Waals surface area contributed by atoms with Crippen LogP contribution in [0.25, 0.3) is 105 Å². The van der Waals surface area contributed by atoms with Crippen LogP contribution in [0.1, 0.15) is 12.1 Å². The van der Waals surface area contributed by atoms with E-state index in [0.717, 1.165) is 83.5 Å². The molecule has 134 heavy (non-hydrogen) atoms. The number of H-pyrrole nitrogens is 5. The second kappa shape index (κ2) is 47.1. The Balaban J connectivity index is 0.000000104. The third kappa shape index (κ3) is 25.4. The summed E-state index contributed by atoms with van der Waals surface area (Å²) in [6, 6.07) is 71.6. The molecule has 0 amide bonds. The Morgan fingerprint density at radius 1 is 0.261 bits per heavy atom. The maximum absolute atomic E-state index is 4.08. The molecule has 36 nitrogen and oxygen atoms in total. The SMILES string of the molecule is c1cc2n(c1)CCC2.c1cc2nc[nH]c2cn1.c1cc2nc[nH]c2cn1.c1cc2nccn2cn1.c1ccc2c[nH]cc2c1.c1ccn2cccc2c1.c1ccn2ccnc2c1.c1ccn2cncc2c1.c1ccn2cnnc2c1.c1ccn2nccc2c1.c1ccn2ncnc2c1.c1cn2ccnc2cn1.c1cnc2nc[nH]c2c1.c1cnn2cccc2c1.c1ncc2[nH]cnc2n1. The van der Waals surface area contributed by atoms with Gasteiger partial charge in [-0.3, -0.25) is 23.8 Å². The maximum atomic E-state index is 4.08. The van der Waals surface area contributed by atoms with Crippen LogP contribution in [0.3, 0.4) is 0 Å². The average molecular weight is 1770 g/mol. The molecule has 28 aromatic heterocycles. The summed E-state index contributed by atoms with van der Waals surface area (Å²) in [5.74, 6) is 0. The number of aromatic nitrogens is 36. The first-order valence-corrected chi connectivity index (χ1v) is 41.9. The fraction of sp³-hybridized carbons (Fsp3) is 0.0306. The van der Waals surface area contributed by atoms with Crippen LogP contribution in [0, 0.1) is 0 Å². The molecule has 30 rings (SSSR count). The molecule has 0 fully saturated rings. The minimum Gasteiger partial charge on any atom is -0.366 e. The zero-order valence-electron chi connectivity index (χ0n) is 71.8. The summed E-state index contributed by atoms with van der Waals surface area (Å²) in [6.45, 7) is 1.24. The quantitative estimate of drug-likeness (QED) is 0.0941. The molecule has 1 aliphatic rings. The van der Waals surface area contributed by atoms with Crippen molar-refractivity contribution in [1.82, 2.24) is 175 Å². The lowest BCUT2D eigenvalue weighted by molar-refractivity contribution is 0.750. The van der Waals surface area contributed by atoms with E-state index < -0.39 is 0 Å². The summed E-state index contributed by atoms with van der Waals surface area (Å²) >= 11 is 0. The third-order valence-electron chi connectivity index (χ3n) is 19.4. The number of imidazole rings is 8. The molecule has 29 heterocycles. The highest BCUT2D eigenvalue weighted by atomic mass is 15.3. The Morgan fingerprint density at radius 2 is 0.791 bits per heavy atom. The van der Waals surface area contributed by atoms with Gasteiger partial charge in [-0.15, -0.1) is 10.2 Å². The number of aromatic amines is 5. The topological polar surface area (TPSA) is 394 Å². The zero-order valence-corrected chi connectivity index (χ0v) is 71.8. The molecule has 5 N–H and O–H groups in total. The van der Waals surface area contributed by atoms with Gasteiger partial charge >= 0.3 is 0 Å². The Morgan fingerprint density at radius 3 is 1.49 bits per heavy atom. The summed E-state index contributed by atoms with van der Waals surface area (Å²) in [4.78, 5) is 78.1. The van der Waals surface area contributed by atoms with E-state index in [2.05, 4.69) is 182 Å². The lowest BCUT2D eigenvalue weighted by Crippen LogP contribution is -1.86. The summed E-state index contributed by atoms with van der Waals surface area (Å²) in [5.41, 5.74) is 18.0. The first-order valence-electron chi connectivity index (χ1n) is 41.9. The molecule has 658 valence electrons. The van der Waals surface area contributed by atoms with Gasteiger partial charge in [-0.05, 0) is 181 Å².